The molecule has 28 heavy (non-hydrogen) atoms. The number of carbonyl (C=O) groups excluding carboxylic acids is 1. The maximum atomic E-state index is 12.6. The van der Waals surface area contributed by atoms with E-state index in [1.54, 1.807) is 12.0 Å². The summed E-state index contributed by atoms with van der Waals surface area (Å²) in [5.41, 5.74) is 2.01. The van der Waals surface area contributed by atoms with Gasteiger partial charge in [-0.2, -0.15) is 0 Å². The summed E-state index contributed by atoms with van der Waals surface area (Å²) < 4.78 is 5.91. The number of anilines is 2. The van der Waals surface area contributed by atoms with Crippen LogP contribution >= 0.6 is 23.1 Å². The third kappa shape index (κ3) is 5.46. The molecule has 0 saturated heterocycles. The van der Waals surface area contributed by atoms with Gasteiger partial charge in [0.25, 0.3) is 0 Å². The van der Waals surface area contributed by atoms with Crippen molar-refractivity contribution in [3.63, 3.8) is 0 Å². The van der Waals surface area contributed by atoms with Crippen molar-refractivity contribution < 1.29 is 9.53 Å². The Morgan fingerprint density at radius 1 is 1.18 bits per heavy atom. The predicted molar refractivity (Wildman–Crippen MR) is 114 cm³/mol. The van der Waals surface area contributed by atoms with Gasteiger partial charge in [-0.25, -0.2) is 0 Å². The summed E-state index contributed by atoms with van der Waals surface area (Å²) in [6, 6.07) is 17.5. The molecule has 8 heteroatoms. The van der Waals surface area contributed by atoms with E-state index in [-0.39, 0.29) is 11.2 Å². The van der Waals surface area contributed by atoms with Gasteiger partial charge in [0.05, 0.1) is 12.4 Å². The van der Waals surface area contributed by atoms with Crippen molar-refractivity contribution in [2.24, 2.45) is 0 Å². The first kappa shape index (κ1) is 20.2. The highest BCUT2D eigenvalue weighted by Gasteiger charge is 2.20. The van der Waals surface area contributed by atoms with Gasteiger partial charge in [-0.1, -0.05) is 53.4 Å². The number of nitrogens with one attached hydrogen (secondary N) is 1. The van der Waals surface area contributed by atoms with Gasteiger partial charge < -0.3 is 15.0 Å². The molecule has 0 fully saturated rings. The van der Waals surface area contributed by atoms with Crippen LogP contribution in [0.1, 0.15) is 12.5 Å². The van der Waals surface area contributed by atoms with Crippen molar-refractivity contribution in [3.8, 4) is 5.75 Å². The molecule has 0 aliphatic heterocycles. The third-order valence-electron chi connectivity index (χ3n) is 4.01. The molecule has 0 spiro atoms. The minimum absolute atomic E-state index is 0.0636. The van der Waals surface area contributed by atoms with Crippen LogP contribution < -0.4 is 10.1 Å². The lowest BCUT2D eigenvalue weighted by molar-refractivity contribution is -0.129. The van der Waals surface area contributed by atoms with Gasteiger partial charge >= 0.3 is 0 Å². The smallest absolute Gasteiger partial charge is 0.235 e. The number of ether oxygens (including phenoxy) is 1. The first-order chi connectivity index (χ1) is 13.5. The van der Waals surface area contributed by atoms with Crippen LogP contribution in [0.25, 0.3) is 0 Å². The van der Waals surface area contributed by atoms with E-state index in [0.717, 1.165) is 21.3 Å². The predicted octanol–water partition coefficient (Wildman–Crippen LogP) is 4.43. The van der Waals surface area contributed by atoms with E-state index >= 15 is 0 Å². The molecule has 1 aromatic heterocycles. The average Bonchev–Trinajstić information content (AvgIpc) is 3.15. The number of rotatable bonds is 8. The molecular weight excluding hydrogens is 392 g/mol. The fraction of sp³-hybridized carbons (Fsp3) is 0.250. The minimum Gasteiger partial charge on any atom is -0.497 e. The van der Waals surface area contributed by atoms with Gasteiger partial charge in [-0.05, 0) is 36.8 Å². The first-order valence-electron chi connectivity index (χ1n) is 8.75. The third-order valence-corrected chi connectivity index (χ3v) is 6.02. The molecule has 2 aromatic carbocycles. The standard InChI is InChI=1S/C20H22N4O2S2/c1-14(18(25)24(2)13-15-7-5-4-6-8-15)27-20-23-22-19(28-20)21-16-9-11-17(26-3)12-10-16/h4-12,14H,13H2,1-3H3,(H,21,22)/t14-/m1/s1. The molecule has 146 valence electrons. The molecule has 1 N–H and O–H groups in total. The zero-order chi connectivity index (χ0) is 19.9. The minimum atomic E-state index is -0.240. The Morgan fingerprint density at radius 3 is 2.57 bits per heavy atom. The summed E-state index contributed by atoms with van der Waals surface area (Å²) in [6.07, 6.45) is 0. The molecule has 6 nitrogen and oxygen atoms in total. The quantitative estimate of drug-likeness (QED) is 0.550. The van der Waals surface area contributed by atoms with Crippen molar-refractivity contribution in [3.05, 3.63) is 60.2 Å². The molecule has 0 aliphatic rings. The van der Waals surface area contributed by atoms with Crippen LogP contribution in [0.4, 0.5) is 10.8 Å². The number of benzene rings is 2. The van der Waals surface area contributed by atoms with Gasteiger partial charge in [0.2, 0.25) is 11.0 Å². The number of hydrogen-bond donors (Lipinski definition) is 1. The highest BCUT2D eigenvalue weighted by atomic mass is 32.2. The number of carbonyl (C=O) groups is 1. The molecule has 0 unspecified atom stereocenters. The average molecular weight is 415 g/mol. The van der Waals surface area contributed by atoms with E-state index < -0.39 is 0 Å². The Bertz CT molecular complexity index is 900. The van der Waals surface area contributed by atoms with Gasteiger partial charge in [-0.15, -0.1) is 10.2 Å². The molecule has 3 rings (SSSR count). The molecule has 0 saturated carbocycles. The molecular formula is C20H22N4O2S2. The lowest BCUT2D eigenvalue weighted by Gasteiger charge is -2.20. The lowest BCUT2D eigenvalue weighted by atomic mass is 10.2. The second-order valence-corrected chi connectivity index (χ2v) is 8.73. The van der Waals surface area contributed by atoms with Crippen LogP contribution in [-0.2, 0) is 11.3 Å². The Kier molecular flexibility index (Phi) is 6.89. The van der Waals surface area contributed by atoms with Crippen LogP contribution in [0.15, 0.2) is 58.9 Å². The van der Waals surface area contributed by atoms with E-state index in [1.165, 1.54) is 23.1 Å². The molecule has 0 aliphatic carbocycles. The highest BCUT2D eigenvalue weighted by molar-refractivity contribution is 8.02. The van der Waals surface area contributed by atoms with Crippen LogP contribution in [0.2, 0.25) is 0 Å². The molecule has 1 amide bonds. The van der Waals surface area contributed by atoms with Crippen LogP contribution in [0.3, 0.4) is 0 Å². The molecule has 0 bridgehead atoms. The number of aromatic nitrogens is 2. The van der Waals surface area contributed by atoms with Crippen LogP contribution in [0.5, 0.6) is 5.75 Å². The Hall–Kier alpha value is -2.58. The van der Waals surface area contributed by atoms with E-state index in [1.807, 2.05) is 68.6 Å². The van der Waals surface area contributed by atoms with Gasteiger partial charge in [-0.3, -0.25) is 4.79 Å². The monoisotopic (exact) mass is 414 g/mol. The second-order valence-electron chi connectivity index (χ2n) is 6.17. The summed E-state index contributed by atoms with van der Waals surface area (Å²) >= 11 is 2.85. The fourth-order valence-electron chi connectivity index (χ4n) is 2.55. The Labute approximate surface area is 172 Å². The SMILES string of the molecule is COc1ccc(Nc2nnc(S[C@H](C)C(=O)N(C)Cc3ccccc3)s2)cc1. The normalized spacial score (nSPS) is 11.7. The number of nitrogens with zero attached hydrogens (tertiary/aromatic N) is 3. The maximum absolute atomic E-state index is 12.6. The van der Waals surface area contributed by atoms with Crippen molar-refractivity contribution in [1.82, 2.24) is 15.1 Å². The van der Waals surface area contributed by atoms with Gasteiger partial charge in [0, 0.05) is 19.3 Å². The van der Waals surface area contributed by atoms with E-state index in [0.29, 0.717) is 11.7 Å². The van der Waals surface area contributed by atoms with Crippen molar-refractivity contribution in [2.45, 2.75) is 23.1 Å². The number of methoxy groups -OCH3 is 1. The fourth-order valence-corrected chi connectivity index (χ4v) is 4.58. The van der Waals surface area contributed by atoms with Gasteiger partial charge in [0.1, 0.15) is 5.75 Å². The van der Waals surface area contributed by atoms with Gasteiger partial charge in [0.15, 0.2) is 4.34 Å². The lowest BCUT2D eigenvalue weighted by Crippen LogP contribution is -2.32. The molecule has 3 aromatic rings. The summed E-state index contributed by atoms with van der Waals surface area (Å²) in [5, 5.41) is 12.0. The Balaban J connectivity index is 1.55. The number of thioether (sulfide) groups is 1. The molecule has 1 heterocycles. The highest BCUT2D eigenvalue weighted by Crippen LogP contribution is 2.31. The second kappa shape index (κ2) is 9.57. The summed E-state index contributed by atoms with van der Waals surface area (Å²) in [7, 11) is 3.46. The molecule has 1 atom stereocenters. The number of hydrogen-bond acceptors (Lipinski definition) is 7. The topological polar surface area (TPSA) is 67.3 Å². The van der Waals surface area contributed by atoms with Crippen LogP contribution in [0, 0.1) is 0 Å². The number of amides is 1. The van der Waals surface area contributed by atoms with E-state index in [9.17, 15) is 4.79 Å². The largest absolute Gasteiger partial charge is 0.497 e. The zero-order valence-electron chi connectivity index (χ0n) is 16.0. The summed E-state index contributed by atoms with van der Waals surface area (Å²) in [5.74, 6) is 0.861. The summed E-state index contributed by atoms with van der Waals surface area (Å²) in [4.78, 5) is 14.4. The Morgan fingerprint density at radius 2 is 1.89 bits per heavy atom. The van der Waals surface area contributed by atoms with Crippen molar-refractivity contribution in [1.29, 1.82) is 0 Å². The summed E-state index contributed by atoms with van der Waals surface area (Å²) in [6.45, 7) is 2.48. The van der Waals surface area contributed by atoms with E-state index in [4.69, 9.17) is 4.74 Å². The van der Waals surface area contributed by atoms with Crippen LogP contribution in [-0.4, -0.2) is 40.4 Å². The van der Waals surface area contributed by atoms with Crippen molar-refractivity contribution in [2.75, 3.05) is 19.5 Å². The first-order valence-corrected chi connectivity index (χ1v) is 10.4. The van der Waals surface area contributed by atoms with Crippen molar-refractivity contribution >= 4 is 39.8 Å². The molecule has 0 radical (unpaired) electrons. The zero-order valence-corrected chi connectivity index (χ0v) is 17.6. The maximum Gasteiger partial charge on any atom is 0.235 e. The van der Waals surface area contributed by atoms with E-state index in [2.05, 4.69) is 15.5 Å².